The van der Waals surface area contributed by atoms with Crippen molar-refractivity contribution in [2.75, 3.05) is 6.54 Å². The summed E-state index contributed by atoms with van der Waals surface area (Å²) in [6, 6.07) is -0.00694. The van der Waals surface area contributed by atoms with Crippen molar-refractivity contribution in [1.82, 2.24) is 10.4 Å². The molecule has 6 heteroatoms. The maximum atomic E-state index is 10.9. The Morgan fingerprint density at radius 2 is 2.46 bits per heavy atom. The Morgan fingerprint density at radius 3 is 3.15 bits per heavy atom. The minimum atomic E-state index is -0.281. The number of carbonyl (C=O) groups is 1. The second-order valence-corrected chi connectivity index (χ2v) is 2.87. The van der Waals surface area contributed by atoms with Crippen LogP contribution in [-0.2, 0) is 4.79 Å². The van der Waals surface area contributed by atoms with Crippen molar-refractivity contribution >= 4 is 24.5 Å². The predicted molar refractivity (Wildman–Crippen MR) is 51.2 cm³/mol. The summed E-state index contributed by atoms with van der Waals surface area (Å²) < 4.78 is 0. The molecule has 2 unspecified atom stereocenters. The Labute approximate surface area is 82.1 Å². The number of amides is 1. The van der Waals surface area contributed by atoms with Crippen molar-refractivity contribution in [1.29, 1.82) is 0 Å². The Kier molecular flexibility index (Phi) is 2.90. The summed E-state index contributed by atoms with van der Waals surface area (Å²) in [4.78, 5) is 14.9. The van der Waals surface area contributed by atoms with Gasteiger partial charge in [-0.2, -0.15) is 0 Å². The van der Waals surface area contributed by atoms with Crippen LogP contribution >= 0.6 is 12.4 Å². The van der Waals surface area contributed by atoms with Crippen LogP contribution in [0.5, 0.6) is 0 Å². The fraction of sp³-hybridized carbons (Fsp3) is 0.429. The van der Waals surface area contributed by atoms with Crippen LogP contribution in [0.2, 0.25) is 0 Å². The number of hydrazine groups is 1. The third-order valence-corrected chi connectivity index (χ3v) is 2.14. The third kappa shape index (κ3) is 1.66. The molecule has 1 amide bonds. The van der Waals surface area contributed by atoms with Gasteiger partial charge in [0.15, 0.2) is 0 Å². The number of nitrogens with two attached hydrogens (primary N) is 1. The van der Waals surface area contributed by atoms with Gasteiger partial charge in [-0.15, -0.1) is 12.4 Å². The first kappa shape index (κ1) is 10.0. The number of rotatable bonds is 1. The van der Waals surface area contributed by atoms with Crippen LogP contribution in [0.1, 0.15) is 0 Å². The number of fused-ring (bicyclic) bond motifs is 1. The summed E-state index contributed by atoms with van der Waals surface area (Å²) in [5, 5.41) is 1.85. The molecule has 5 nitrogen and oxygen atoms in total. The lowest BCUT2D eigenvalue weighted by Gasteiger charge is -2.22. The molecule has 0 saturated carbocycles. The van der Waals surface area contributed by atoms with Gasteiger partial charge in [0.2, 0.25) is 5.91 Å². The fourth-order valence-corrected chi connectivity index (χ4v) is 1.47. The lowest BCUT2D eigenvalue weighted by molar-refractivity contribution is -0.121. The van der Waals surface area contributed by atoms with Gasteiger partial charge in [0.25, 0.3) is 0 Å². The molecule has 0 aromatic heterocycles. The lowest BCUT2D eigenvalue weighted by Crippen LogP contribution is -2.39. The van der Waals surface area contributed by atoms with E-state index in [-0.39, 0.29) is 30.3 Å². The SMILES string of the molecule is Cl.NC(=O)C1CNN2C=CN=CC12. The molecule has 0 aromatic carbocycles. The molecule has 0 bridgehead atoms. The largest absolute Gasteiger partial charge is 0.369 e. The van der Waals surface area contributed by atoms with Crippen LogP contribution in [0.3, 0.4) is 0 Å². The zero-order valence-electron chi connectivity index (χ0n) is 6.88. The van der Waals surface area contributed by atoms with Gasteiger partial charge in [0.1, 0.15) is 0 Å². The van der Waals surface area contributed by atoms with Gasteiger partial charge in [-0.3, -0.25) is 9.79 Å². The molecule has 1 saturated heterocycles. The number of hydrogen-bond donors (Lipinski definition) is 2. The first-order valence-corrected chi connectivity index (χ1v) is 3.80. The van der Waals surface area contributed by atoms with Crippen molar-refractivity contribution in [3.05, 3.63) is 12.4 Å². The van der Waals surface area contributed by atoms with Crippen molar-refractivity contribution in [3.8, 4) is 0 Å². The van der Waals surface area contributed by atoms with Crippen molar-refractivity contribution in [2.45, 2.75) is 6.04 Å². The molecule has 2 aliphatic rings. The standard InChI is InChI=1S/C7H10N4O.ClH/c8-7(12)5-3-10-11-2-1-9-4-6(5)11;/h1-2,4-6,10H,3H2,(H2,8,12);1H. The minimum absolute atomic E-state index is 0. The Hall–Kier alpha value is -1.07. The molecular weight excluding hydrogens is 192 g/mol. The fourth-order valence-electron chi connectivity index (χ4n) is 1.47. The maximum absolute atomic E-state index is 10.9. The first-order chi connectivity index (χ1) is 5.79. The van der Waals surface area contributed by atoms with E-state index in [9.17, 15) is 4.79 Å². The van der Waals surface area contributed by atoms with Crippen LogP contribution in [0.25, 0.3) is 0 Å². The van der Waals surface area contributed by atoms with Crippen LogP contribution in [0.15, 0.2) is 17.4 Å². The van der Waals surface area contributed by atoms with Gasteiger partial charge in [0, 0.05) is 25.2 Å². The van der Waals surface area contributed by atoms with Gasteiger partial charge in [-0.05, 0) is 0 Å². The molecule has 2 atom stereocenters. The second kappa shape index (κ2) is 3.76. The molecule has 0 radical (unpaired) electrons. The van der Waals surface area contributed by atoms with Crippen LogP contribution < -0.4 is 11.2 Å². The molecule has 2 aliphatic heterocycles. The van der Waals surface area contributed by atoms with Gasteiger partial charge in [0.05, 0.1) is 12.0 Å². The minimum Gasteiger partial charge on any atom is -0.369 e. The molecule has 1 fully saturated rings. The van der Waals surface area contributed by atoms with E-state index >= 15 is 0 Å². The highest BCUT2D eigenvalue weighted by Crippen LogP contribution is 2.16. The van der Waals surface area contributed by atoms with Crippen LogP contribution in [-0.4, -0.2) is 29.7 Å². The van der Waals surface area contributed by atoms with Gasteiger partial charge in [-0.25, -0.2) is 5.43 Å². The van der Waals surface area contributed by atoms with Crippen LogP contribution in [0.4, 0.5) is 0 Å². The van der Waals surface area contributed by atoms with Gasteiger partial charge < -0.3 is 10.7 Å². The summed E-state index contributed by atoms with van der Waals surface area (Å²) in [6.45, 7) is 0.594. The molecular formula is C7H11ClN4O. The summed E-state index contributed by atoms with van der Waals surface area (Å²) in [5.74, 6) is -0.449. The van der Waals surface area contributed by atoms with E-state index in [0.717, 1.165) is 0 Å². The number of aliphatic imine (C=N–C) groups is 1. The zero-order chi connectivity index (χ0) is 8.55. The van der Waals surface area contributed by atoms with Crippen LogP contribution in [0, 0.1) is 5.92 Å². The lowest BCUT2D eigenvalue weighted by atomic mass is 10.0. The smallest absolute Gasteiger partial charge is 0.224 e. The molecule has 2 rings (SSSR count). The first-order valence-electron chi connectivity index (χ1n) is 3.80. The Bertz CT molecular complexity index is 265. The summed E-state index contributed by atoms with van der Waals surface area (Å²) >= 11 is 0. The predicted octanol–water partition coefficient (Wildman–Crippen LogP) is -0.746. The van der Waals surface area contributed by atoms with E-state index in [2.05, 4.69) is 10.4 Å². The number of nitrogens with zero attached hydrogens (tertiary/aromatic N) is 2. The Morgan fingerprint density at radius 1 is 1.69 bits per heavy atom. The highest BCUT2D eigenvalue weighted by Gasteiger charge is 2.35. The number of carbonyl (C=O) groups excluding carboxylic acids is 1. The molecule has 3 N–H and O–H groups in total. The normalized spacial score (nSPS) is 29.7. The zero-order valence-corrected chi connectivity index (χ0v) is 7.70. The topological polar surface area (TPSA) is 70.7 Å². The van der Waals surface area contributed by atoms with E-state index in [1.807, 2.05) is 5.01 Å². The third-order valence-electron chi connectivity index (χ3n) is 2.14. The number of primary amides is 1. The van der Waals surface area contributed by atoms with E-state index in [1.54, 1.807) is 18.6 Å². The quantitative estimate of drug-likeness (QED) is 0.588. The summed E-state index contributed by atoms with van der Waals surface area (Å²) in [6.07, 6.45) is 5.20. The van der Waals surface area contributed by atoms with Crippen molar-refractivity contribution < 1.29 is 4.79 Å². The summed E-state index contributed by atoms with van der Waals surface area (Å²) in [5.41, 5.74) is 8.26. The summed E-state index contributed by atoms with van der Waals surface area (Å²) in [7, 11) is 0. The Balaban J connectivity index is 0.000000845. The molecule has 13 heavy (non-hydrogen) atoms. The molecule has 72 valence electrons. The van der Waals surface area contributed by atoms with E-state index in [1.165, 1.54) is 0 Å². The second-order valence-electron chi connectivity index (χ2n) is 2.87. The molecule has 0 aromatic rings. The highest BCUT2D eigenvalue weighted by atomic mass is 35.5. The van der Waals surface area contributed by atoms with Crippen molar-refractivity contribution in [3.63, 3.8) is 0 Å². The number of halogens is 1. The molecule has 0 aliphatic carbocycles. The van der Waals surface area contributed by atoms with E-state index in [4.69, 9.17) is 5.73 Å². The monoisotopic (exact) mass is 202 g/mol. The van der Waals surface area contributed by atoms with Gasteiger partial charge >= 0.3 is 0 Å². The van der Waals surface area contributed by atoms with E-state index < -0.39 is 0 Å². The number of hydrogen-bond acceptors (Lipinski definition) is 4. The molecule has 0 spiro atoms. The average Bonchev–Trinajstić information content (AvgIpc) is 2.47. The molecule has 2 heterocycles. The number of nitrogens with one attached hydrogen (secondary N) is 1. The average molecular weight is 203 g/mol. The highest BCUT2D eigenvalue weighted by molar-refractivity contribution is 5.85. The van der Waals surface area contributed by atoms with Crippen molar-refractivity contribution in [2.24, 2.45) is 16.6 Å². The van der Waals surface area contributed by atoms with E-state index in [0.29, 0.717) is 6.54 Å². The van der Waals surface area contributed by atoms with Gasteiger partial charge in [-0.1, -0.05) is 0 Å². The maximum Gasteiger partial charge on any atom is 0.224 e.